The molecule has 2 rings (SSSR count). The molecule has 4 nitrogen and oxygen atoms in total. The maximum absolute atomic E-state index is 5.56. The SMILES string of the molecule is CC(C)NCc1cc(COCc2cccs2)on1. The normalized spacial score (nSPS) is 11.3. The molecule has 0 aliphatic carbocycles. The highest BCUT2D eigenvalue weighted by Gasteiger charge is 2.05. The van der Waals surface area contributed by atoms with Gasteiger partial charge in [-0.05, 0) is 11.4 Å². The van der Waals surface area contributed by atoms with E-state index in [2.05, 4.69) is 30.4 Å². The highest BCUT2D eigenvalue weighted by Crippen LogP contribution is 2.12. The lowest BCUT2D eigenvalue weighted by molar-refractivity contribution is 0.0901. The van der Waals surface area contributed by atoms with Crippen molar-refractivity contribution in [1.82, 2.24) is 10.5 Å². The Balaban J connectivity index is 1.73. The molecule has 0 saturated carbocycles. The molecule has 0 spiro atoms. The molecule has 2 heterocycles. The number of hydrogen-bond acceptors (Lipinski definition) is 5. The topological polar surface area (TPSA) is 47.3 Å². The summed E-state index contributed by atoms with van der Waals surface area (Å²) in [6.07, 6.45) is 0. The zero-order valence-corrected chi connectivity index (χ0v) is 11.5. The van der Waals surface area contributed by atoms with Crippen molar-refractivity contribution in [2.24, 2.45) is 0 Å². The van der Waals surface area contributed by atoms with Crippen LogP contribution in [0.5, 0.6) is 0 Å². The van der Waals surface area contributed by atoms with Crippen molar-refractivity contribution in [2.45, 2.75) is 39.6 Å². The van der Waals surface area contributed by atoms with Gasteiger partial charge in [0.2, 0.25) is 0 Å². The van der Waals surface area contributed by atoms with Crippen molar-refractivity contribution in [3.63, 3.8) is 0 Å². The van der Waals surface area contributed by atoms with Crippen molar-refractivity contribution in [1.29, 1.82) is 0 Å². The van der Waals surface area contributed by atoms with Gasteiger partial charge in [-0.1, -0.05) is 25.1 Å². The molecule has 0 aliphatic heterocycles. The number of ether oxygens (including phenoxy) is 1. The van der Waals surface area contributed by atoms with Crippen LogP contribution in [0.1, 0.15) is 30.2 Å². The van der Waals surface area contributed by atoms with Gasteiger partial charge in [-0.2, -0.15) is 0 Å². The van der Waals surface area contributed by atoms with Gasteiger partial charge in [0.1, 0.15) is 6.61 Å². The zero-order valence-electron chi connectivity index (χ0n) is 10.7. The summed E-state index contributed by atoms with van der Waals surface area (Å²) in [6.45, 7) is 6.02. The molecule has 18 heavy (non-hydrogen) atoms. The number of aromatic nitrogens is 1. The van der Waals surface area contributed by atoms with Gasteiger partial charge < -0.3 is 14.6 Å². The van der Waals surface area contributed by atoms with E-state index in [1.54, 1.807) is 11.3 Å². The molecule has 0 aromatic carbocycles. The summed E-state index contributed by atoms with van der Waals surface area (Å²) < 4.78 is 10.8. The van der Waals surface area contributed by atoms with E-state index in [0.29, 0.717) is 19.3 Å². The number of nitrogens with one attached hydrogen (secondary N) is 1. The molecule has 0 fully saturated rings. The Kier molecular flexibility index (Phi) is 4.92. The first-order valence-corrected chi connectivity index (χ1v) is 6.90. The summed E-state index contributed by atoms with van der Waals surface area (Å²) in [7, 11) is 0. The van der Waals surface area contributed by atoms with Gasteiger partial charge in [-0.3, -0.25) is 0 Å². The predicted molar refractivity (Wildman–Crippen MR) is 71.3 cm³/mol. The Morgan fingerprint density at radius 1 is 1.44 bits per heavy atom. The first-order valence-electron chi connectivity index (χ1n) is 6.02. The Bertz CT molecular complexity index is 451. The second-order valence-electron chi connectivity index (χ2n) is 4.39. The summed E-state index contributed by atoms with van der Waals surface area (Å²) in [5.74, 6) is 0.770. The van der Waals surface area contributed by atoms with Gasteiger partial charge in [-0.15, -0.1) is 11.3 Å². The van der Waals surface area contributed by atoms with E-state index in [4.69, 9.17) is 9.26 Å². The van der Waals surface area contributed by atoms with E-state index in [1.165, 1.54) is 4.88 Å². The van der Waals surface area contributed by atoms with Gasteiger partial charge in [0.25, 0.3) is 0 Å². The summed E-state index contributed by atoms with van der Waals surface area (Å²) in [6, 6.07) is 6.46. The van der Waals surface area contributed by atoms with Crippen molar-refractivity contribution < 1.29 is 9.26 Å². The van der Waals surface area contributed by atoms with Crippen LogP contribution in [0.15, 0.2) is 28.1 Å². The van der Waals surface area contributed by atoms with Crippen LogP contribution >= 0.6 is 11.3 Å². The van der Waals surface area contributed by atoms with Crippen molar-refractivity contribution in [2.75, 3.05) is 0 Å². The molecular formula is C13H18N2O2S. The van der Waals surface area contributed by atoms with Gasteiger partial charge in [-0.25, -0.2) is 0 Å². The van der Waals surface area contributed by atoms with Crippen LogP contribution in [-0.4, -0.2) is 11.2 Å². The fraction of sp³-hybridized carbons (Fsp3) is 0.462. The smallest absolute Gasteiger partial charge is 0.162 e. The Morgan fingerprint density at radius 2 is 2.33 bits per heavy atom. The van der Waals surface area contributed by atoms with Crippen LogP contribution in [-0.2, 0) is 24.5 Å². The molecule has 98 valence electrons. The van der Waals surface area contributed by atoms with E-state index < -0.39 is 0 Å². The van der Waals surface area contributed by atoms with Crippen molar-refractivity contribution >= 4 is 11.3 Å². The van der Waals surface area contributed by atoms with Crippen molar-refractivity contribution in [3.05, 3.63) is 39.9 Å². The van der Waals surface area contributed by atoms with Crippen LogP contribution in [0, 0.1) is 0 Å². The highest BCUT2D eigenvalue weighted by molar-refractivity contribution is 7.09. The fourth-order valence-corrected chi connectivity index (χ4v) is 2.10. The number of nitrogens with zero attached hydrogens (tertiary/aromatic N) is 1. The lowest BCUT2D eigenvalue weighted by atomic mass is 10.3. The number of thiophene rings is 1. The molecule has 0 atom stereocenters. The van der Waals surface area contributed by atoms with Crippen LogP contribution in [0.3, 0.4) is 0 Å². The van der Waals surface area contributed by atoms with Gasteiger partial charge in [0.15, 0.2) is 5.76 Å². The minimum Gasteiger partial charge on any atom is -0.368 e. The monoisotopic (exact) mass is 266 g/mol. The summed E-state index contributed by atoms with van der Waals surface area (Å²) in [4.78, 5) is 1.22. The third-order valence-electron chi connectivity index (χ3n) is 2.37. The lowest BCUT2D eigenvalue weighted by Gasteiger charge is -2.03. The van der Waals surface area contributed by atoms with E-state index in [1.807, 2.05) is 17.5 Å². The number of rotatable bonds is 7. The summed E-state index contributed by atoms with van der Waals surface area (Å²) in [5.41, 5.74) is 0.915. The third-order valence-corrected chi connectivity index (χ3v) is 3.22. The summed E-state index contributed by atoms with van der Waals surface area (Å²) in [5, 5.41) is 9.33. The first-order chi connectivity index (χ1) is 8.74. The quantitative estimate of drug-likeness (QED) is 0.837. The average molecular weight is 266 g/mol. The largest absolute Gasteiger partial charge is 0.368 e. The molecule has 2 aromatic heterocycles. The van der Waals surface area contributed by atoms with Crippen molar-refractivity contribution in [3.8, 4) is 0 Å². The minimum atomic E-state index is 0.445. The molecule has 0 amide bonds. The molecule has 0 unspecified atom stereocenters. The second-order valence-corrected chi connectivity index (χ2v) is 5.42. The first kappa shape index (κ1) is 13.3. The van der Waals surface area contributed by atoms with Crippen LogP contribution in [0.4, 0.5) is 0 Å². The predicted octanol–water partition coefficient (Wildman–Crippen LogP) is 2.95. The van der Waals surface area contributed by atoms with E-state index in [-0.39, 0.29) is 0 Å². The third kappa shape index (κ3) is 4.25. The lowest BCUT2D eigenvalue weighted by Crippen LogP contribution is -2.21. The minimum absolute atomic E-state index is 0.445. The van der Waals surface area contributed by atoms with E-state index in [0.717, 1.165) is 18.0 Å². The molecule has 1 N–H and O–H groups in total. The molecule has 2 aromatic rings. The van der Waals surface area contributed by atoms with E-state index >= 15 is 0 Å². The molecule has 0 radical (unpaired) electrons. The molecular weight excluding hydrogens is 248 g/mol. The molecule has 0 saturated heterocycles. The Hall–Kier alpha value is -1.17. The maximum Gasteiger partial charge on any atom is 0.162 e. The molecule has 0 aliphatic rings. The van der Waals surface area contributed by atoms with Crippen LogP contribution in [0.25, 0.3) is 0 Å². The fourth-order valence-electron chi connectivity index (χ4n) is 1.46. The Morgan fingerprint density at radius 3 is 3.06 bits per heavy atom. The summed E-state index contributed by atoms with van der Waals surface area (Å²) >= 11 is 1.69. The van der Waals surface area contributed by atoms with Gasteiger partial charge >= 0.3 is 0 Å². The van der Waals surface area contributed by atoms with Gasteiger partial charge in [0, 0.05) is 23.5 Å². The highest BCUT2D eigenvalue weighted by atomic mass is 32.1. The van der Waals surface area contributed by atoms with Gasteiger partial charge in [0.05, 0.1) is 12.3 Å². The second kappa shape index (κ2) is 6.68. The zero-order chi connectivity index (χ0) is 12.8. The molecule has 5 heteroatoms. The van der Waals surface area contributed by atoms with Crippen LogP contribution in [0.2, 0.25) is 0 Å². The molecule has 0 bridgehead atoms. The average Bonchev–Trinajstić information content (AvgIpc) is 2.97. The standard InChI is InChI=1S/C13H18N2O2S/c1-10(2)14-7-11-6-12(17-15-11)8-16-9-13-4-3-5-18-13/h3-6,10,14H,7-9H2,1-2H3. The van der Waals surface area contributed by atoms with E-state index in [9.17, 15) is 0 Å². The maximum atomic E-state index is 5.56. The number of hydrogen-bond donors (Lipinski definition) is 1. The van der Waals surface area contributed by atoms with Crippen LogP contribution < -0.4 is 5.32 Å². The Labute approximate surface area is 111 Å².